The lowest BCUT2D eigenvalue weighted by atomic mass is 9.98. The van der Waals surface area contributed by atoms with Crippen LogP contribution in [0.15, 0.2) is 47.1 Å². The van der Waals surface area contributed by atoms with Crippen LogP contribution >= 0.6 is 0 Å². The highest BCUT2D eigenvalue weighted by Gasteiger charge is 2.20. The lowest BCUT2D eigenvalue weighted by Gasteiger charge is -2.13. The average Bonchev–Trinajstić information content (AvgIpc) is 2.97. The summed E-state index contributed by atoms with van der Waals surface area (Å²) < 4.78 is 4.96. The maximum atomic E-state index is 11.7. The molecule has 5 nitrogen and oxygen atoms in total. The zero-order valence-corrected chi connectivity index (χ0v) is 11.7. The van der Waals surface area contributed by atoms with Crippen molar-refractivity contribution >= 4 is 11.9 Å². The van der Waals surface area contributed by atoms with Crippen LogP contribution in [0.1, 0.15) is 21.7 Å². The molecule has 2 N–H and O–H groups in total. The van der Waals surface area contributed by atoms with E-state index in [0.717, 1.165) is 11.1 Å². The molecule has 110 valence electrons. The van der Waals surface area contributed by atoms with Crippen LogP contribution in [0.2, 0.25) is 0 Å². The van der Waals surface area contributed by atoms with Crippen LogP contribution in [0.25, 0.3) is 0 Å². The van der Waals surface area contributed by atoms with Crippen LogP contribution in [-0.2, 0) is 11.2 Å². The summed E-state index contributed by atoms with van der Waals surface area (Å²) >= 11 is 0. The molecule has 1 aromatic carbocycles. The molecule has 2 aromatic rings. The maximum absolute atomic E-state index is 11.7. The van der Waals surface area contributed by atoms with Gasteiger partial charge >= 0.3 is 5.97 Å². The third-order valence-electron chi connectivity index (χ3n) is 3.17. The Morgan fingerprint density at radius 2 is 2.10 bits per heavy atom. The summed E-state index contributed by atoms with van der Waals surface area (Å²) in [6.45, 7) is 2.01. The highest BCUT2D eigenvalue weighted by atomic mass is 16.4. The van der Waals surface area contributed by atoms with Crippen molar-refractivity contribution in [3.8, 4) is 0 Å². The van der Waals surface area contributed by atoms with Crippen molar-refractivity contribution < 1.29 is 19.1 Å². The van der Waals surface area contributed by atoms with Crippen molar-refractivity contribution in [3.63, 3.8) is 0 Å². The Bertz CT molecular complexity index is 619. The van der Waals surface area contributed by atoms with Gasteiger partial charge in [-0.1, -0.05) is 29.8 Å². The number of carbonyl (C=O) groups excluding carboxylic acids is 1. The number of carbonyl (C=O) groups is 2. The van der Waals surface area contributed by atoms with Crippen LogP contribution in [0.3, 0.4) is 0 Å². The summed E-state index contributed by atoms with van der Waals surface area (Å²) in [5.74, 6) is -1.84. The normalized spacial score (nSPS) is 11.9. The molecule has 21 heavy (non-hydrogen) atoms. The minimum atomic E-state index is -0.934. The second kappa shape index (κ2) is 6.74. The SMILES string of the molecule is Cc1cccc(C[C@@H](CNC(=O)c2ccco2)C(=O)O)c1. The molecule has 1 amide bonds. The molecule has 1 atom stereocenters. The van der Waals surface area contributed by atoms with Crippen LogP contribution in [-0.4, -0.2) is 23.5 Å². The first-order chi connectivity index (χ1) is 10.1. The molecule has 0 bridgehead atoms. The van der Waals surface area contributed by atoms with Gasteiger partial charge in [0, 0.05) is 6.54 Å². The molecule has 0 aliphatic rings. The van der Waals surface area contributed by atoms with Crippen molar-refractivity contribution in [2.45, 2.75) is 13.3 Å². The molecule has 0 aliphatic carbocycles. The molecule has 0 saturated heterocycles. The Kier molecular flexibility index (Phi) is 4.77. The molecule has 1 aromatic heterocycles. The number of nitrogens with one attached hydrogen (secondary N) is 1. The van der Waals surface area contributed by atoms with Gasteiger partial charge in [-0.25, -0.2) is 0 Å². The lowest BCUT2D eigenvalue weighted by Crippen LogP contribution is -2.33. The quantitative estimate of drug-likeness (QED) is 0.854. The van der Waals surface area contributed by atoms with Gasteiger partial charge in [0.05, 0.1) is 12.2 Å². The highest BCUT2D eigenvalue weighted by molar-refractivity contribution is 5.91. The van der Waals surface area contributed by atoms with E-state index in [-0.39, 0.29) is 12.3 Å². The van der Waals surface area contributed by atoms with Gasteiger partial charge in [0.1, 0.15) is 0 Å². The molecule has 0 saturated carbocycles. The largest absolute Gasteiger partial charge is 0.481 e. The van der Waals surface area contributed by atoms with Crippen molar-refractivity contribution in [2.24, 2.45) is 5.92 Å². The van der Waals surface area contributed by atoms with Crippen molar-refractivity contribution in [2.75, 3.05) is 6.54 Å². The molecule has 1 heterocycles. The van der Waals surface area contributed by atoms with E-state index < -0.39 is 17.8 Å². The fourth-order valence-corrected chi connectivity index (χ4v) is 2.08. The summed E-state index contributed by atoms with van der Waals surface area (Å²) in [4.78, 5) is 23.1. The van der Waals surface area contributed by atoms with E-state index in [1.807, 2.05) is 31.2 Å². The Hall–Kier alpha value is -2.56. The molecule has 2 rings (SSSR count). The summed E-state index contributed by atoms with van der Waals surface area (Å²) in [5.41, 5.74) is 2.02. The van der Waals surface area contributed by atoms with Gasteiger partial charge in [0.25, 0.3) is 5.91 Å². The zero-order valence-electron chi connectivity index (χ0n) is 11.7. The molecule has 0 fully saturated rings. The fraction of sp³-hybridized carbons (Fsp3) is 0.250. The maximum Gasteiger partial charge on any atom is 0.308 e. The van der Waals surface area contributed by atoms with Gasteiger partial charge in [-0.3, -0.25) is 9.59 Å². The first-order valence-corrected chi connectivity index (χ1v) is 6.66. The Morgan fingerprint density at radius 3 is 2.71 bits per heavy atom. The number of hydrogen-bond acceptors (Lipinski definition) is 3. The topological polar surface area (TPSA) is 79.5 Å². The molecular weight excluding hydrogens is 270 g/mol. The van der Waals surface area contributed by atoms with E-state index in [9.17, 15) is 14.7 Å². The summed E-state index contributed by atoms with van der Waals surface area (Å²) in [5, 5.41) is 11.9. The van der Waals surface area contributed by atoms with Crippen molar-refractivity contribution in [3.05, 3.63) is 59.5 Å². The van der Waals surface area contributed by atoms with Crippen LogP contribution in [0, 0.1) is 12.8 Å². The van der Waals surface area contributed by atoms with E-state index in [1.54, 1.807) is 6.07 Å². The third-order valence-corrected chi connectivity index (χ3v) is 3.17. The first-order valence-electron chi connectivity index (χ1n) is 6.66. The minimum Gasteiger partial charge on any atom is -0.481 e. The molecule has 5 heteroatoms. The smallest absolute Gasteiger partial charge is 0.308 e. The van der Waals surface area contributed by atoms with Gasteiger partial charge in [-0.2, -0.15) is 0 Å². The van der Waals surface area contributed by atoms with Crippen molar-refractivity contribution in [1.29, 1.82) is 0 Å². The average molecular weight is 287 g/mol. The van der Waals surface area contributed by atoms with E-state index in [0.29, 0.717) is 6.42 Å². The number of carboxylic acids is 1. The number of carboxylic acid groups (broad SMARTS) is 1. The standard InChI is InChI=1S/C16H17NO4/c1-11-4-2-5-12(8-11)9-13(16(19)20)10-17-15(18)14-6-3-7-21-14/h2-8,13H,9-10H2,1H3,(H,17,18)(H,19,20)/t13-/m0/s1. The molecule has 0 unspecified atom stereocenters. The summed E-state index contributed by atoms with van der Waals surface area (Å²) in [6.07, 6.45) is 1.77. The van der Waals surface area contributed by atoms with Gasteiger partial charge in [-0.05, 0) is 31.0 Å². The molecular formula is C16H17NO4. The summed E-state index contributed by atoms with van der Waals surface area (Å²) in [6, 6.07) is 10.8. The van der Waals surface area contributed by atoms with E-state index in [2.05, 4.69) is 5.32 Å². The number of aryl methyl sites for hydroxylation is 1. The van der Waals surface area contributed by atoms with E-state index in [4.69, 9.17) is 4.42 Å². The Labute approximate surface area is 122 Å². The predicted octanol–water partition coefficient (Wildman–Crippen LogP) is 2.26. The molecule has 0 aliphatic heterocycles. The Morgan fingerprint density at radius 1 is 1.29 bits per heavy atom. The number of amides is 1. The monoisotopic (exact) mass is 287 g/mol. The van der Waals surface area contributed by atoms with Gasteiger partial charge in [0.15, 0.2) is 5.76 Å². The summed E-state index contributed by atoms with van der Waals surface area (Å²) in [7, 11) is 0. The zero-order chi connectivity index (χ0) is 15.2. The minimum absolute atomic E-state index is 0.0583. The molecule has 0 radical (unpaired) electrons. The number of furan rings is 1. The number of rotatable bonds is 6. The van der Waals surface area contributed by atoms with Crippen LogP contribution in [0.5, 0.6) is 0 Å². The number of benzene rings is 1. The number of hydrogen-bond donors (Lipinski definition) is 2. The third kappa shape index (κ3) is 4.21. The first kappa shape index (κ1) is 14.8. The van der Waals surface area contributed by atoms with E-state index >= 15 is 0 Å². The van der Waals surface area contributed by atoms with E-state index in [1.165, 1.54) is 12.3 Å². The number of aliphatic carboxylic acids is 1. The van der Waals surface area contributed by atoms with Gasteiger partial charge in [-0.15, -0.1) is 0 Å². The highest BCUT2D eigenvalue weighted by Crippen LogP contribution is 2.11. The van der Waals surface area contributed by atoms with Gasteiger partial charge < -0.3 is 14.8 Å². The molecule has 0 spiro atoms. The van der Waals surface area contributed by atoms with Crippen LogP contribution in [0.4, 0.5) is 0 Å². The lowest BCUT2D eigenvalue weighted by molar-refractivity contribution is -0.141. The van der Waals surface area contributed by atoms with Crippen LogP contribution < -0.4 is 5.32 Å². The fourth-order valence-electron chi connectivity index (χ4n) is 2.08. The predicted molar refractivity (Wildman–Crippen MR) is 77.1 cm³/mol. The van der Waals surface area contributed by atoms with Crippen molar-refractivity contribution in [1.82, 2.24) is 5.32 Å². The van der Waals surface area contributed by atoms with Gasteiger partial charge in [0.2, 0.25) is 0 Å². The second-order valence-electron chi connectivity index (χ2n) is 4.92. The Balaban J connectivity index is 1.96. The second-order valence-corrected chi connectivity index (χ2v) is 4.92.